The first-order valence-electron chi connectivity index (χ1n) is 10.5. The molecule has 1 aromatic carbocycles. The van der Waals surface area contributed by atoms with Crippen LogP contribution in [0.25, 0.3) is 0 Å². The normalized spacial score (nSPS) is 17.3. The number of fused-ring (bicyclic) bond motifs is 1. The topological polar surface area (TPSA) is 44.8 Å². The largest absolute Gasteiger partial charge is 0.454 e. The highest BCUT2D eigenvalue weighted by molar-refractivity contribution is 7.85. The van der Waals surface area contributed by atoms with Gasteiger partial charge in [-0.25, -0.2) is 0 Å². The summed E-state index contributed by atoms with van der Waals surface area (Å²) in [6.07, 6.45) is 10.9. The van der Waals surface area contributed by atoms with E-state index in [1.807, 2.05) is 18.2 Å². The zero-order chi connectivity index (χ0) is 19.3. The molecule has 4 nitrogen and oxygen atoms in total. The lowest BCUT2D eigenvalue weighted by Gasteiger charge is -2.12. The fourth-order valence-electron chi connectivity index (χ4n) is 3.23. The molecule has 1 fully saturated rings. The van der Waals surface area contributed by atoms with E-state index in [4.69, 9.17) is 14.2 Å². The van der Waals surface area contributed by atoms with Gasteiger partial charge in [0.15, 0.2) is 11.5 Å². The second-order valence-electron chi connectivity index (χ2n) is 7.37. The van der Waals surface area contributed by atoms with Crippen LogP contribution in [0.15, 0.2) is 18.2 Å². The Balaban J connectivity index is 0.000000451. The summed E-state index contributed by atoms with van der Waals surface area (Å²) >= 11 is 0. The lowest BCUT2D eigenvalue weighted by molar-refractivity contribution is 0.174. The SMILES string of the molecule is C1CCOC1.CCCCCCCCS(=O)C(C)Cc1ccc2c(c1)OCO2. The van der Waals surface area contributed by atoms with Crippen molar-refractivity contribution < 1.29 is 18.4 Å². The summed E-state index contributed by atoms with van der Waals surface area (Å²) < 4.78 is 28.0. The summed E-state index contributed by atoms with van der Waals surface area (Å²) in [7, 11) is -0.743. The molecule has 0 bridgehead atoms. The van der Waals surface area contributed by atoms with E-state index in [-0.39, 0.29) is 5.25 Å². The van der Waals surface area contributed by atoms with Gasteiger partial charge in [-0.3, -0.25) is 4.21 Å². The molecule has 1 aromatic rings. The highest BCUT2D eigenvalue weighted by Gasteiger charge is 2.16. The van der Waals surface area contributed by atoms with Crippen molar-refractivity contribution in [1.29, 1.82) is 0 Å². The Morgan fingerprint density at radius 1 is 1.00 bits per heavy atom. The predicted molar refractivity (Wildman–Crippen MR) is 112 cm³/mol. The molecule has 0 saturated carbocycles. The minimum atomic E-state index is -0.743. The van der Waals surface area contributed by atoms with Gasteiger partial charge in [-0.05, 0) is 43.4 Å². The first-order valence-corrected chi connectivity index (χ1v) is 11.9. The van der Waals surface area contributed by atoms with Crippen LogP contribution in [0.1, 0.15) is 70.8 Å². The molecular weight excluding hydrogens is 360 g/mol. The molecule has 2 aliphatic rings. The minimum absolute atomic E-state index is 0.191. The van der Waals surface area contributed by atoms with Gasteiger partial charge in [-0.2, -0.15) is 0 Å². The summed E-state index contributed by atoms with van der Waals surface area (Å²) in [5, 5.41) is 0.191. The van der Waals surface area contributed by atoms with Crippen LogP contribution in [0.4, 0.5) is 0 Å². The van der Waals surface area contributed by atoms with Crippen molar-refractivity contribution >= 4 is 10.8 Å². The molecule has 154 valence electrons. The predicted octanol–water partition coefficient (Wildman–Crippen LogP) is 5.25. The summed E-state index contributed by atoms with van der Waals surface area (Å²) in [6, 6.07) is 6.01. The summed E-state index contributed by atoms with van der Waals surface area (Å²) in [6.45, 7) is 6.61. The van der Waals surface area contributed by atoms with Crippen molar-refractivity contribution in [3.63, 3.8) is 0 Å². The van der Waals surface area contributed by atoms with Crippen LogP contribution in [0.2, 0.25) is 0 Å². The van der Waals surface area contributed by atoms with E-state index in [1.165, 1.54) is 50.5 Å². The third-order valence-electron chi connectivity index (χ3n) is 4.94. The minimum Gasteiger partial charge on any atom is -0.454 e. The zero-order valence-electron chi connectivity index (χ0n) is 17.0. The van der Waals surface area contributed by atoms with Crippen LogP contribution >= 0.6 is 0 Å². The van der Waals surface area contributed by atoms with Gasteiger partial charge in [0.25, 0.3) is 0 Å². The average Bonchev–Trinajstić information content (AvgIpc) is 3.38. The smallest absolute Gasteiger partial charge is 0.231 e. The number of rotatable bonds is 10. The van der Waals surface area contributed by atoms with Crippen molar-refractivity contribution in [2.24, 2.45) is 0 Å². The van der Waals surface area contributed by atoms with Crippen molar-refractivity contribution in [3.8, 4) is 11.5 Å². The fourth-order valence-corrected chi connectivity index (χ4v) is 4.50. The highest BCUT2D eigenvalue weighted by atomic mass is 32.2. The molecule has 2 aliphatic heterocycles. The van der Waals surface area contributed by atoms with Crippen molar-refractivity contribution in [1.82, 2.24) is 0 Å². The van der Waals surface area contributed by atoms with E-state index in [0.29, 0.717) is 6.79 Å². The molecule has 0 aromatic heterocycles. The van der Waals surface area contributed by atoms with Crippen LogP contribution in [0, 0.1) is 0 Å². The summed E-state index contributed by atoms with van der Waals surface area (Å²) in [5.41, 5.74) is 1.17. The maximum absolute atomic E-state index is 12.3. The molecule has 2 heterocycles. The average molecular weight is 397 g/mol. The Bertz CT molecular complexity index is 550. The van der Waals surface area contributed by atoms with Gasteiger partial charge in [-0.15, -0.1) is 0 Å². The second-order valence-corrected chi connectivity index (χ2v) is 9.35. The lowest BCUT2D eigenvalue weighted by Crippen LogP contribution is -2.16. The van der Waals surface area contributed by atoms with E-state index < -0.39 is 10.8 Å². The van der Waals surface area contributed by atoms with Crippen LogP contribution in [-0.4, -0.2) is 35.2 Å². The third-order valence-corrected chi connectivity index (χ3v) is 6.69. The van der Waals surface area contributed by atoms with Crippen molar-refractivity contribution in [2.45, 2.75) is 76.9 Å². The van der Waals surface area contributed by atoms with E-state index in [2.05, 4.69) is 13.8 Å². The molecule has 3 rings (SSSR count). The third kappa shape index (κ3) is 8.65. The molecule has 0 aliphatic carbocycles. The van der Waals surface area contributed by atoms with Gasteiger partial charge in [0.05, 0.1) is 0 Å². The monoisotopic (exact) mass is 396 g/mol. The van der Waals surface area contributed by atoms with E-state index >= 15 is 0 Å². The Labute approximate surface area is 167 Å². The van der Waals surface area contributed by atoms with Crippen LogP contribution < -0.4 is 9.47 Å². The maximum Gasteiger partial charge on any atom is 0.231 e. The van der Waals surface area contributed by atoms with Crippen LogP contribution in [0.3, 0.4) is 0 Å². The first-order chi connectivity index (χ1) is 13.2. The van der Waals surface area contributed by atoms with Gasteiger partial charge in [0.2, 0.25) is 6.79 Å². The molecule has 1 saturated heterocycles. The Morgan fingerprint density at radius 3 is 2.41 bits per heavy atom. The van der Waals surface area contributed by atoms with E-state index in [0.717, 1.165) is 43.3 Å². The molecule has 0 spiro atoms. The number of hydrogen-bond donors (Lipinski definition) is 0. The Morgan fingerprint density at radius 2 is 1.70 bits per heavy atom. The quantitative estimate of drug-likeness (QED) is 0.507. The van der Waals surface area contributed by atoms with Gasteiger partial charge < -0.3 is 14.2 Å². The van der Waals surface area contributed by atoms with Gasteiger partial charge >= 0.3 is 0 Å². The molecule has 2 unspecified atom stereocenters. The highest BCUT2D eigenvalue weighted by Crippen LogP contribution is 2.33. The lowest BCUT2D eigenvalue weighted by atomic mass is 10.1. The van der Waals surface area contributed by atoms with Crippen LogP contribution in [-0.2, 0) is 22.0 Å². The van der Waals surface area contributed by atoms with E-state index in [1.54, 1.807) is 0 Å². The van der Waals surface area contributed by atoms with Crippen LogP contribution in [0.5, 0.6) is 11.5 Å². The molecule has 27 heavy (non-hydrogen) atoms. The summed E-state index contributed by atoms with van der Waals surface area (Å²) in [5.74, 6) is 2.45. The molecule has 2 atom stereocenters. The Hall–Kier alpha value is -1.07. The standard InChI is InChI=1S/C18H28O3S.C4H8O/c1-3-4-5-6-7-8-11-22(19)15(2)12-16-9-10-17-18(13-16)21-14-20-17;1-2-4-5-3-1/h9-10,13,15H,3-8,11-12,14H2,1-2H3;1-4H2. The molecule has 5 heteroatoms. The zero-order valence-corrected chi connectivity index (χ0v) is 17.9. The van der Waals surface area contributed by atoms with Gasteiger partial charge in [-0.1, -0.05) is 52.0 Å². The number of ether oxygens (including phenoxy) is 3. The number of unbranched alkanes of at least 4 members (excludes halogenated alkanes) is 5. The summed E-state index contributed by atoms with van der Waals surface area (Å²) in [4.78, 5) is 0. The molecule has 0 N–H and O–H groups in total. The fraction of sp³-hybridized carbons (Fsp3) is 0.727. The maximum atomic E-state index is 12.3. The molecular formula is C22H36O4S. The van der Waals surface area contributed by atoms with Crippen molar-refractivity contribution in [2.75, 3.05) is 25.8 Å². The number of hydrogen-bond acceptors (Lipinski definition) is 4. The van der Waals surface area contributed by atoms with E-state index in [9.17, 15) is 4.21 Å². The molecule has 0 amide bonds. The van der Waals surface area contributed by atoms with Crippen molar-refractivity contribution in [3.05, 3.63) is 23.8 Å². The molecule has 0 radical (unpaired) electrons. The van der Waals surface area contributed by atoms with Gasteiger partial charge in [0, 0.05) is 35.0 Å². The first kappa shape index (κ1) is 22.2. The number of benzene rings is 1. The Kier molecular flexibility index (Phi) is 10.8. The second kappa shape index (κ2) is 13.2. The van der Waals surface area contributed by atoms with Gasteiger partial charge in [0.1, 0.15) is 0 Å².